The maximum atomic E-state index is 9.94. The van der Waals surface area contributed by atoms with E-state index in [1.54, 1.807) is 0 Å². The molecule has 1 heterocycles. The number of methoxy groups -OCH3 is 1. The molecule has 0 bridgehead atoms. The third kappa shape index (κ3) is 3.60. The molecule has 1 aliphatic heterocycles. The molecule has 1 fully saturated rings. The lowest BCUT2D eigenvalue weighted by Crippen LogP contribution is -2.34. The molecule has 0 saturated carbocycles. The van der Waals surface area contributed by atoms with Crippen LogP contribution in [0.5, 0.6) is 11.5 Å². The first-order chi connectivity index (χ1) is 9.06. The number of piperidine rings is 1. The lowest BCUT2D eigenvalue weighted by Gasteiger charge is -2.29. The van der Waals surface area contributed by atoms with E-state index in [0.717, 1.165) is 36.0 Å². The molecule has 2 rings (SSSR count). The Kier molecular flexibility index (Phi) is 7.08. The number of hydrogen-bond donors (Lipinski definition) is 3. The van der Waals surface area contributed by atoms with E-state index in [9.17, 15) is 5.11 Å². The molecule has 1 aromatic carbocycles. The van der Waals surface area contributed by atoms with E-state index in [1.165, 1.54) is 7.11 Å². The van der Waals surface area contributed by atoms with Gasteiger partial charge in [0.25, 0.3) is 0 Å². The maximum absolute atomic E-state index is 9.94. The van der Waals surface area contributed by atoms with Gasteiger partial charge in [-0.3, -0.25) is 0 Å². The highest BCUT2D eigenvalue weighted by Crippen LogP contribution is 2.44. The van der Waals surface area contributed by atoms with Crippen molar-refractivity contribution in [1.82, 2.24) is 5.32 Å². The van der Waals surface area contributed by atoms with Gasteiger partial charge in [-0.2, -0.15) is 0 Å². The highest BCUT2D eigenvalue weighted by atomic mass is 79.9. The summed E-state index contributed by atoms with van der Waals surface area (Å²) >= 11 is 6.87. The Labute approximate surface area is 142 Å². The first kappa shape index (κ1) is 18.0. The zero-order valence-electron chi connectivity index (χ0n) is 11.2. The Hall–Kier alpha value is -0.0100. The second-order valence-electron chi connectivity index (χ2n) is 4.76. The molecule has 4 N–H and O–H groups in total. The molecule has 0 unspecified atom stereocenters. The summed E-state index contributed by atoms with van der Waals surface area (Å²) in [5, 5.41) is 13.3. The van der Waals surface area contributed by atoms with Crippen LogP contribution in [-0.4, -0.2) is 25.3 Å². The smallest absolute Gasteiger partial charge is 0.173 e. The molecule has 4 nitrogen and oxygen atoms in total. The van der Waals surface area contributed by atoms with Gasteiger partial charge in [0.2, 0.25) is 0 Å². The highest BCUT2D eigenvalue weighted by molar-refractivity contribution is 9.13. The minimum atomic E-state index is -0.0673. The normalized spacial score (nSPS) is 17.4. The van der Waals surface area contributed by atoms with Gasteiger partial charge in [0.1, 0.15) is 0 Å². The van der Waals surface area contributed by atoms with Crippen LogP contribution in [0.3, 0.4) is 0 Å². The molecule has 7 heteroatoms. The third-order valence-corrected chi connectivity index (χ3v) is 5.80. The Morgan fingerprint density at radius 3 is 2.50 bits per heavy atom. The minimum Gasteiger partial charge on any atom is -0.503 e. The number of nitrogens with two attached hydrogens (primary N) is 1. The lowest BCUT2D eigenvalue weighted by molar-refractivity contribution is 0.319. The first-order valence-electron chi connectivity index (χ1n) is 6.27. The molecule has 1 aliphatic rings. The summed E-state index contributed by atoms with van der Waals surface area (Å²) in [5.74, 6) is 0.976. The molecule has 1 aromatic rings. The van der Waals surface area contributed by atoms with Gasteiger partial charge in [0.15, 0.2) is 11.5 Å². The van der Waals surface area contributed by atoms with Gasteiger partial charge < -0.3 is 20.9 Å². The molecule has 0 spiro atoms. The fourth-order valence-electron chi connectivity index (χ4n) is 2.47. The second kappa shape index (κ2) is 7.84. The van der Waals surface area contributed by atoms with Gasteiger partial charge in [-0.25, -0.2) is 0 Å². The molecule has 1 saturated heterocycles. The molecule has 1 atom stereocenters. The van der Waals surface area contributed by atoms with Gasteiger partial charge in [-0.1, -0.05) is 0 Å². The van der Waals surface area contributed by atoms with Crippen LogP contribution >= 0.6 is 44.3 Å². The van der Waals surface area contributed by atoms with E-state index in [-0.39, 0.29) is 24.2 Å². The van der Waals surface area contributed by atoms with E-state index in [4.69, 9.17) is 10.5 Å². The van der Waals surface area contributed by atoms with Crippen molar-refractivity contribution in [3.63, 3.8) is 0 Å². The quantitative estimate of drug-likeness (QED) is 0.688. The average Bonchev–Trinajstić information content (AvgIpc) is 2.45. The summed E-state index contributed by atoms with van der Waals surface area (Å²) in [6, 6.07) is 1.75. The van der Waals surface area contributed by atoms with Crippen LogP contribution < -0.4 is 15.8 Å². The SMILES string of the molecule is COc1cc([C@H](N)C2CCNCC2)c(Br)c(Br)c1O.Cl. The maximum Gasteiger partial charge on any atom is 0.173 e. The highest BCUT2D eigenvalue weighted by Gasteiger charge is 2.26. The van der Waals surface area contributed by atoms with Crippen molar-refractivity contribution in [2.24, 2.45) is 11.7 Å². The van der Waals surface area contributed by atoms with Crippen LogP contribution in [0.4, 0.5) is 0 Å². The summed E-state index contributed by atoms with van der Waals surface area (Å²) in [7, 11) is 1.54. The summed E-state index contributed by atoms with van der Waals surface area (Å²) in [6.45, 7) is 2.01. The van der Waals surface area contributed by atoms with Crippen molar-refractivity contribution in [2.75, 3.05) is 20.2 Å². The van der Waals surface area contributed by atoms with Crippen molar-refractivity contribution >= 4 is 44.3 Å². The number of ether oxygens (including phenoxy) is 1. The van der Waals surface area contributed by atoms with Gasteiger partial charge in [-0.05, 0) is 75.3 Å². The topological polar surface area (TPSA) is 67.5 Å². The Morgan fingerprint density at radius 1 is 1.35 bits per heavy atom. The molecule has 0 amide bonds. The van der Waals surface area contributed by atoms with Crippen LogP contribution in [0.25, 0.3) is 0 Å². The molecule has 114 valence electrons. The predicted molar refractivity (Wildman–Crippen MR) is 89.8 cm³/mol. The van der Waals surface area contributed by atoms with Crippen LogP contribution in [0.2, 0.25) is 0 Å². The number of benzene rings is 1. The van der Waals surface area contributed by atoms with Crippen molar-refractivity contribution in [2.45, 2.75) is 18.9 Å². The van der Waals surface area contributed by atoms with Crippen molar-refractivity contribution < 1.29 is 9.84 Å². The lowest BCUT2D eigenvalue weighted by atomic mass is 9.86. The third-order valence-electron chi connectivity index (χ3n) is 3.64. The molecule has 0 radical (unpaired) electrons. The number of hydrogen-bond acceptors (Lipinski definition) is 4. The van der Waals surface area contributed by atoms with Crippen LogP contribution in [0.1, 0.15) is 24.4 Å². The Balaban J connectivity index is 0.00000200. The van der Waals surface area contributed by atoms with Crippen LogP contribution in [-0.2, 0) is 0 Å². The summed E-state index contributed by atoms with van der Waals surface area (Å²) in [6.07, 6.45) is 2.13. The zero-order chi connectivity index (χ0) is 14.0. The summed E-state index contributed by atoms with van der Waals surface area (Å²) in [5.41, 5.74) is 7.36. The van der Waals surface area contributed by atoms with Gasteiger partial charge in [-0.15, -0.1) is 12.4 Å². The van der Waals surface area contributed by atoms with Crippen LogP contribution in [0, 0.1) is 5.92 Å². The molecular weight excluding hydrogens is 411 g/mol. The average molecular weight is 431 g/mol. The predicted octanol–water partition coefficient (Wildman–Crippen LogP) is 3.35. The first-order valence-corrected chi connectivity index (χ1v) is 7.86. The number of aromatic hydroxyl groups is 1. The number of phenolic OH excluding ortho intramolecular Hbond substituents is 1. The van der Waals surface area contributed by atoms with E-state index in [0.29, 0.717) is 16.1 Å². The van der Waals surface area contributed by atoms with E-state index >= 15 is 0 Å². The Morgan fingerprint density at radius 2 is 1.95 bits per heavy atom. The fraction of sp³-hybridized carbons (Fsp3) is 0.538. The van der Waals surface area contributed by atoms with Gasteiger partial charge in [0.05, 0.1) is 11.6 Å². The number of rotatable bonds is 3. The number of phenols is 1. The molecular formula is C13H19Br2ClN2O2. The van der Waals surface area contributed by atoms with E-state index < -0.39 is 0 Å². The monoisotopic (exact) mass is 428 g/mol. The summed E-state index contributed by atoms with van der Waals surface area (Å²) in [4.78, 5) is 0. The molecule has 0 aromatic heterocycles. The second-order valence-corrected chi connectivity index (χ2v) is 6.34. The van der Waals surface area contributed by atoms with Crippen molar-refractivity contribution in [1.29, 1.82) is 0 Å². The number of halogens is 3. The molecule has 0 aliphatic carbocycles. The largest absolute Gasteiger partial charge is 0.503 e. The Bertz CT molecular complexity index is 468. The van der Waals surface area contributed by atoms with E-state index in [1.807, 2.05) is 6.07 Å². The van der Waals surface area contributed by atoms with Crippen molar-refractivity contribution in [3.05, 3.63) is 20.6 Å². The van der Waals surface area contributed by atoms with E-state index in [2.05, 4.69) is 37.2 Å². The van der Waals surface area contributed by atoms with Crippen LogP contribution in [0.15, 0.2) is 15.0 Å². The summed E-state index contributed by atoms with van der Waals surface area (Å²) < 4.78 is 6.58. The minimum absolute atomic E-state index is 0. The standard InChI is InChI=1S/C13H18Br2N2O2.ClH/c1-19-9-6-8(10(14)11(15)13(9)18)12(16)7-2-4-17-5-3-7;/h6-7,12,17-18H,2-5,16H2,1H3;1H/t12-;/m1./s1. The van der Waals surface area contributed by atoms with Gasteiger partial charge >= 0.3 is 0 Å². The van der Waals surface area contributed by atoms with Crippen molar-refractivity contribution in [3.8, 4) is 11.5 Å². The number of nitrogens with one attached hydrogen (secondary N) is 1. The fourth-order valence-corrected chi connectivity index (χ4v) is 3.46. The zero-order valence-corrected chi connectivity index (χ0v) is 15.1. The van der Waals surface area contributed by atoms with Gasteiger partial charge in [0, 0.05) is 10.5 Å². The molecule has 20 heavy (non-hydrogen) atoms.